The second kappa shape index (κ2) is 7.29. The maximum absolute atomic E-state index is 12.3. The van der Waals surface area contributed by atoms with Crippen molar-refractivity contribution in [3.8, 4) is 0 Å². The van der Waals surface area contributed by atoms with Crippen LogP contribution in [0, 0.1) is 0 Å². The molecule has 0 saturated carbocycles. The normalized spacial score (nSPS) is 19.1. The lowest BCUT2D eigenvalue weighted by molar-refractivity contribution is -0.143. The van der Waals surface area contributed by atoms with Gasteiger partial charge in [0.05, 0.1) is 16.3 Å². The first-order chi connectivity index (χ1) is 10.7. The molecule has 1 saturated heterocycles. The molecule has 4 nitrogen and oxygen atoms in total. The van der Waals surface area contributed by atoms with E-state index in [4.69, 9.17) is 27.9 Å². The zero-order chi connectivity index (χ0) is 17.2. The van der Waals surface area contributed by atoms with Crippen LogP contribution >= 0.6 is 23.2 Å². The summed E-state index contributed by atoms with van der Waals surface area (Å²) < 4.78 is 5.60. The molecule has 23 heavy (non-hydrogen) atoms. The van der Waals surface area contributed by atoms with Gasteiger partial charge in [-0.25, -0.2) is 0 Å². The van der Waals surface area contributed by atoms with Crippen LogP contribution in [-0.4, -0.2) is 48.7 Å². The molecule has 0 N–H and O–H groups in total. The molecule has 0 spiro atoms. The second-order valence-corrected chi connectivity index (χ2v) is 7.72. The highest BCUT2D eigenvalue weighted by atomic mass is 35.5. The van der Waals surface area contributed by atoms with Crippen LogP contribution in [0.4, 0.5) is 5.69 Å². The largest absolute Gasteiger partial charge is 0.366 e. The van der Waals surface area contributed by atoms with E-state index in [0.717, 1.165) is 18.8 Å². The highest BCUT2D eigenvalue weighted by Crippen LogP contribution is 2.30. The summed E-state index contributed by atoms with van der Waals surface area (Å²) in [6, 6.07) is 5.61. The van der Waals surface area contributed by atoms with Gasteiger partial charge in [0, 0.05) is 30.7 Å². The number of amides is 1. The van der Waals surface area contributed by atoms with Crippen molar-refractivity contribution in [2.45, 2.75) is 39.3 Å². The number of carbonyl (C=O) groups is 1. The monoisotopic (exact) mass is 358 g/mol. The van der Waals surface area contributed by atoms with E-state index in [1.165, 1.54) is 0 Å². The van der Waals surface area contributed by atoms with Gasteiger partial charge in [-0.3, -0.25) is 4.79 Å². The van der Waals surface area contributed by atoms with Gasteiger partial charge in [0.15, 0.2) is 0 Å². The van der Waals surface area contributed by atoms with E-state index in [9.17, 15) is 4.79 Å². The van der Waals surface area contributed by atoms with Gasteiger partial charge in [-0.15, -0.1) is 0 Å². The first-order valence-electron chi connectivity index (χ1n) is 7.81. The smallest absolute Gasteiger partial charge is 0.248 e. The highest BCUT2D eigenvalue weighted by molar-refractivity contribution is 6.36. The fourth-order valence-electron chi connectivity index (χ4n) is 2.65. The van der Waals surface area contributed by atoms with Crippen molar-refractivity contribution in [2.24, 2.45) is 0 Å². The molecule has 2 rings (SSSR count). The topological polar surface area (TPSA) is 32.8 Å². The summed E-state index contributed by atoms with van der Waals surface area (Å²) in [7, 11) is 0. The Kier molecular flexibility index (Phi) is 5.82. The minimum atomic E-state index is -0.308. The number of carbonyl (C=O) groups excluding carboxylic acids is 1. The molecule has 0 radical (unpaired) electrons. The van der Waals surface area contributed by atoms with Crippen molar-refractivity contribution in [2.75, 3.05) is 31.1 Å². The molecule has 1 aliphatic rings. The summed E-state index contributed by atoms with van der Waals surface area (Å²) in [5, 5.41) is 1.26. The quantitative estimate of drug-likeness (QED) is 0.822. The van der Waals surface area contributed by atoms with Crippen molar-refractivity contribution in [3.05, 3.63) is 28.2 Å². The van der Waals surface area contributed by atoms with E-state index in [-0.39, 0.29) is 24.2 Å². The molecular formula is C17H24Cl2N2O2. The molecule has 0 aliphatic carbocycles. The van der Waals surface area contributed by atoms with Crippen LogP contribution < -0.4 is 4.90 Å². The van der Waals surface area contributed by atoms with E-state index < -0.39 is 0 Å². The summed E-state index contributed by atoms with van der Waals surface area (Å²) in [4.78, 5) is 16.4. The average molecular weight is 359 g/mol. The molecule has 1 aromatic rings. The number of rotatable bonds is 3. The van der Waals surface area contributed by atoms with Crippen LogP contribution in [0.25, 0.3) is 0 Å². The molecule has 0 bridgehead atoms. The third-order valence-electron chi connectivity index (χ3n) is 3.83. The molecule has 1 heterocycles. The Morgan fingerprint density at radius 1 is 1.30 bits per heavy atom. The minimum Gasteiger partial charge on any atom is -0.366 e. The van der Waals surface area contributed by atoms with Crippen molar-refractivity contribution < 1.29 is 9.53 Å². The Morgan fingerprint density at radius 2 is 2.00 bits per heavy atom. The van der Waals surface area contributed by atoms with Gasteiger partial charge in [0.1, 0.15) is 6.61 Å². The van der Waals surface area contributed by atoms with E-state index in [2.05, 4.69) is 4.90 Å². The Morgan fingerprint density at radius 3 is 2.57 bits per heavy atom. The maximum atomic E-state index is 12.3. The number of ether oxygens (including phenoxy) is 1. The standard InChI is InChI=1S/C17H24Cl2N2O2/c1-12-10-20(15-6-5-13(18)9-14(15)19)7-8-21(12)16(22)11-23-17(2,3)4/h5-6,9,12H,7-8,10-11H2,1-4H3/t12-/m0/s1. The summed E-state index contributed by atoms with van der Waals surface area (Å²) in [5.41, 5.74) is 0.651. The third kappa shape index (κ3) is 5.00. The van der Waals surface area contributed by atoms with Gasteiger partial charge in [-0.05, 0) is 45.9 Å². The molecule has 128 valence electrons. The number of benzene rings is 1. The fourth-order valence-corrected chi connectivity index (χ4v) is 3.17. The van der Waals surface area contributed by atoms with Crippen LogP contribution in [-0.2, 0) is 9.53 Å². The lowest BCUT2D eigenvalue weighted by Gasteiger charge is -2.41. The van der Waals surface area contributed by atoms with Crippen LogP contribution in [0.15, 0.2) is 18.2 Å². The van der Waals surface area contributed by atoms with E-state index in [1.54, 1.807) is 6.07 Å². The summed E-state index contributed by atoms with van der Waals surface area (Å²) >= 11 is 12.2. The molecular weight excluding hydrogens is 335 g/mol. The van der Waals surface area contributed by atoms with Crippen molar-refractivity contribution in [3.63, 3.8) is 0 Å². The molecule has 0 unspecified atom stereocenters. The van der Waals surface area contributed by atoms with E-state index in [1.807, 2.05) is 44.7 Å². The highest BCUT2D eigenvalue weighted by Gasteiger charge is 2.29. The van der Waals surface area contributed by atoms with Gasteiger partial charge in [-0.2, -0.15) is 0 Å². The van der Waals surface area contributed by atoms with Crippen LogP contribution in [0.3, 0.4) is 0 Å². The van der Waals surface area contributed by atoms with Gasteiger partial charge in [0.2, 0.25) is 5.91 Å². The minimum absolute atomic E-state index is 0.0364. The SMILES string of the molecule is C[C@H]1CN(c2ccc(Cl)cc2Cl)CCN1C(=O)COC(C)(C)C. The number of piperazine rings is 1. The average Bonchev–Trinajstić information content (AvgIpc) is 2.44. The summed E-state index contributed by atoms with van der Waals surface area (Å²) in [5.74, 6) is 0.0364. The second-order valence-electron chi connectivity index (χ2n) is 6.88. The first kappa shape index (κ1) is 18.4. The van der Waals surface area contributed by atoms with E-state index in [0.29, 0.717) is 16.6 Å². The lowest BCUT2D eigenvalue weighted by atomic mass is 10.1. The Labute approximate surface area is 148 Å². The summed E-state index contributed by atoms with van der Waals surface area (Å²) in [6.07, 6.45) is 0. The molecule has 6 heteroatoms. The van der Waals surface area contributed by atoms with Crippen LogP contribution in [0.2, 0.25) is 10.0 Å². The molecule has 1 fully saturated rings. The van der Waals surface area contributed by atoms with Gasteiger partial charge in [-0.1, -0.05) is 23.2 Å². The predicted octanol–water partition coefficient (Wildman–Crippen LogP) is 3.85. The Hall–Kier alpha value is -0.970. The molecule has 1 aliphatic heterocycles. The first-order valence-corrected chi connectivity index (χ1v) is 8.56. The molecule has 1 atom stereocenters. The summed E-state index contributed by atoms with van der Waals surface area (Å²) in [6.45, 7) is 10.2. The third-order valence-corrected chi connectivity index (χ3v) is 4.36. The zero-order valence-corrected chi connectivity index (χ0v) is 15.6. The molecule has 1 amide bonds. The number of anilines is 1. The van der Waals surface area contributed by atoms with Crippen molar-refractivity contribution in [1.29, 1.82) is 0 Å². The van der Waals surface area contributed by atoms with Gasteiger partial charge in [0.25, 0.3) is 0 Å². The van der Waals surface area contributed by atoms with Crippen molar-refractivity contribution in [1.82, 2.24) is 4.90 Å². The maximum Gasteiger partial charge on any atom is 0.248 e. The van der Waals surface area contributed by atoms with E-state index >= 15 is 0 Å². The van der Waals surface area contributed by atoms with Crippen LogP contribution in [0.1, 0.15) is 27.7 Å². The number of hydrogen-bond donors (Lipinski definition) is 0. The lowest BCUT2D eigenvalue weighted by Crippen LogP contribution is -2.55. The molecule has 1 aromatic carbocycles. The molecule has 0 aromatic heterocycles. The Balaban J connectivity index is 1.98. The Bertz CT molecular complexity index is 572. The fraction of sp³-hybridized carbons (Fsp3) is 0.588. The van der Waals surface area contributed by atoms with Gasteiger partial charge >= 0.3 is 0 Å². The predicted molar refractivity (Wildman–Crippen MR) is 95.6 cm³/mol. The van der Waals surface area contributed by atoms with Crippen molar-refractivity contribution >= 4 is 34.8 Å². The van der Waals surface area contributed by atoms with Crippen LogP contribution in [0.5, 0.6) is 0 Å². The zero-order valence-electron chi connectivity index (χ0n) is 14.1. The number of hydrogen-bond acceptors (Lipinski definition) is 3. The van der Waals surface area contributed by atoms with Gasteiger partial charge < -0.3 is 14.5 Å². The number of nitrogens with zero attached hydrogens (tertiary/aromatic N) is 2. The number of halogens is 2.